The summed E-state index contributed by atoms with van der Waals surface area (Å²) < 4.78 is 0. The Morgan fingerprint density at radius 1 is 1.33 bits per heavy atom. The van der Waals surface area contributed by atoms with Gasteiger partial charge in [-0.15, -0.1) is 0 Å². The van der Waals surface area contributed by atoms with Crippen LogP contribution in [0.5, 0.6) is 0 Å². The quantitative estimate of drug-likeness (QED) is 0.733. The van der Waals surface area contributed by atoms with Gasteiger partial charge >= 0.3 is 0 Å². The van der Waals surface area contributed by atoms with Crippen LogP contribution < -0.4 is 5.32 Å². The third kappa shape index (κ3) is 4.60. The third-order valence-electron chi connectivity index (χ3n) is 3.69. The number of aromatic amines is 1. The minimum Gasteiger partial charge on any atom is -0.393 e. The van der Waals surface area contributed by atoms with Gasteiger partial charge in [0.2, 0.25) is 5.91 Å². The first-order chi connectivity index (χ1) is 10.1. The van der Waals surface area contributed by atoms with Gasteiger partial charge in [0.25, 0.3) is 0 Å². The van der Waals surface area contributed by atoms with Crippen molar-refractivity contribution >= 4 is 16.8 Å². The maximum absolute atomic E-state index is 11.9. The molecule has 4 nitrogen and oxygen atoms in total. The zero-order valence-corrected chi connectivity index (χ0v) is 12.7. The van der Waals surface area contributed by atoms with Crippen molar-refractivity contribution in [2.24, 2.45) is 5.92 Å². The van der Waals surface area contributed by atoms with Gasteiger partial charge in [0, 0.05) is 30.1 Å². The number of fused-ring (bicyclic) bond motifs is 1. The van der Waals surface area contributed by atoms with Gasteiger partial charge in [-0.2, -0.15) is 0 Å². The smallest absolute Gasteiger partial charge is 0.220 e. The van der Waals surface area contributed by atoms with Crippen molar-refractivity contribution in [3.63, 3.8) is 0 Å². The number of H-pyrrole nitrogens is 1. The standard InChI is InChI=1S/C17H24N2O2/c1-12(9-13(2)20)10-19-17(21)8-7-14-11-18-16-6-4-3-5-15(14)16/h3-6,11-13,18,20H,7-10H2,1-2H3,(H,19,21). The molecule has 0 aliphatic rings. The number of hydrogen-bond donors (Lipinski definition) is 3. The first-order valence-corrected chi connectivity index (χ1v) is 7.56. The second-order valence-electron chi connectivity index (χ2n) is 5.85. The molecule has 0 fully saturated rings. The second-order valence-corrected chi connectivity index (χ2v) is 5.85. The number of carbonyl (C=O) groups excluding carboxylic acids is 1. The zero-order valence-electron chi connectivity index (χ0n) is 12.7. The molecular weight excluding hydrogens is 264 g/mol. The summed E-state index contributed by atoms with van der Waals surface area (Å²) in [7, 11) is 0. The fourth-order valence-corrected chi connectivity index (χ4v) is 2.63. The molecule has 114 valence electrons. The topological polar surface area (TPSA) is 65.1 Å². The van der Waals surface area contributed by atoms with E-state index in [0.717, 1.165) is 11.9 Å². The zero-order chi connectivity index (χ0) is 15.2. The average Bonchev–Trinajstić information content (AvgIpc) is 2.85. The van der Waals surface area contributed by atoms with Crippen LogP contribution in [0.4, 0.5) is 0 Å². The summed E-state index contributed by atoms with van der Waals surface area (Å²) in [6.07, 6.45) is 3.60. The van der Waals surface area contributed by atoms with Gasteiger partial charge in [-0.3, -0.25) is 4.79 Å². The van der Waals surface area contributed by atoms with Crippen molar-refractivity contribution in [1.82, 2.24) is 10.3 Å². The van der Waals surface area contributed by atoms with Crippen LogP contribution in [0.1, 0.15) is 32.3 Å². The minimum absolute atomic E-state index is 0.0673. The van der Waals surface area contributed by atoms with Gasteiger partial charge in [-0.25, -0.2) is 0 Å². The van der Waals surface area contributed by atoms with E-state index in [1.165, 1.54) is 10.9 Å². The molecule has 0 saturated heterocycles. The molecule has 1 heterocycles. The summed E-state index contributed by atoms with van der Waals surface area (Å²) in [4.78, 5) is 15.1. The Morgan fingerprint density at radius 3 is 2.86 bits per heavy atom. The summed E-state index contributed by atoms with van der Waals surface area (Å²) in [6.45, 7) is 4.43. The van der Waals surface area contributed by atoms with Gasteiger partial charge in [-0.05, 0) is 37.3 Å². The fourth-order valence-electron chi connectivity index (χ4n) is 2.63. The monoisotopic (exact) mass is 288 g/mol. The van der Waals surface area contributed by atoms with Crippen LogP contribution in [0.15, 0.2) is 30.5 Å². The van der Waals surface area contributed by atoms with Crippen LogP contribution in [0.25, 0.3) is 10.9 Å². The normalized spacial score (nSPS) is 14.0. The molecule has 1 amide bonds. The van der Waals surface area contributed by atoms with E-state index in [2.05, 4.69) is 16.4 Å². The number of para-hydroxylation sites is 1. The van der Waals surface area contributed by atoms with Crippen LogP contribution in [0.2, 0.25) is 0 Å². The molecule has 0 saturated carbocycles. The molecule has 0 aliphatic carbocycles. The van der Waals surface area contributed by atoms with Crippen molar-refractivity contribution in [1.29, 1.82) is 0 Å². The van der Waals surface area contributed by atoms with E-state index in [4.69, 9.17) is 0 Å². The lowest BCUT2D eigenvalue weighted by atomic mass is 10.0. The number of nitrogens with one attached hydrogen (secondary N) is 2. The number of benzene rings is 1. The van der Waals surface area contributed by atoms with Gasteiger partial charge in [0.1, 0.15) is 0 Å². The number of amides is 1. The number of hydrogen-bond acceptors (Lipinski definition) is 2. The van der Waals surface area contributed by atoms with Crippen molar-refractivity contribution in [2.75, 3.05) is 6.54 Å². The highest BCUT2D eigenvalue weighted by molar-refractivity contribution is 5.84. The Morgan fingerprint density at radius 2 is 2.10 bits per heavy atom. The number of rotatable bonds is 7. The van der Waals surface area contributed by atoms with E-state index in [-0.39, 0.29) is 12.0 Å². The van der Waals surface area contributed by atoms with Crippen LogP contribution in [0, 0.1) is 5.92 Å². The molecule has 4 heteroatoms. The van der Waals surface area contributed by atoms with Crippen molar-refractivity contribution in [2.45, 2.75) is 39.2 Å². The molecule has 1 aromatic heterocycles. The van der Waals surface area contributed by atoms with Crippen molar-refractivity contribution in [3.05, 3.63) is 36.0 Å². The predicted octanol–water partition coefficient (Wildman–Crippen LogP) is 2.62. The molecule has 1 aromatic carbocycles. The lowest BCUT2D eigenvalue weighted by molar-refractivity contribution is -0.121. The lowest BCUT2D eigenvalue weighted by Gasteiger charge is -2.14. The number of aromatic nitrogens is 1. The third-order valence-corrected chi connectivity index (χ3v) is 3.69. The highest BCUT2D eigenvalue weighted by atomic mass is 16.3. The molecule has 0 spiro atoms. The molecule has 0 aliphatic heterocycles. The molecule has 21 heavy (non-hydrogen) atoms. The van der Waals surface area contributed by atoms with Gasteiger partial charge in [0.05, 0.1) is 6.10 Å². The van der Waals surface area contributed by atoms with Gasteiger partial charge in [0.15, 0.2) is 0 Å². The van der Waals surface area contributed by atoms with Gasteiger partial charge in [-0.1, -0.05) is 25.1 Å². The Labute approximate surface area is 125 Å². The van der Waals surface area contributed by atoms with E-state index in [9.17, 15) is 9.90 Å². The summed E-state index contributed by atoms with van der Waals surface area (Å²) in [6, 6.07) is 8.12. The molecule has 2 unspecified atom stereocenters. The average molecular weight is 288 g/mol. The van der Waals surface area contributed by atoms with E-state index < -0.39 is 0 Å². The SMILES string of the molecule is CC(O)CC(C)CNC(=O)CCc1c[nH]c2ccccc12. The van der Waals surface area contributed by atoms with Crippen LogP contribution in [0.3, 0.4) is 0 Å². The Kier molecular flexibility index (Phi) is 5.39. The van der Waals surface area contributed by atoms with Crippen LogP contribution >= 0.6 is 0 Å². The number of aliphatic hydroxyl groups excluding tert-OH is 1. The highest BCUT2D eigenvalue weighted by Crippen LogP contribution is 2.18. The molecule has 0 radical (unpaired) electrons. The van der Waals surface area contributed by atoms with Crippen LogP contribution in [-0.4, -0.2) is 28.6 Å². The lowest BCUT2D eigenvalue weighted by Crippen LogP contribution is -2.29. The molecule has 2 rings (SSSR count). The van der Waals surface area contributed by atoms with E-state index >= 15 is 0 Å². The first-order valence-electron chi connectivity index (χ1n) is 7.56. The summed E-state index contributed by atoms with van der Waals surface area (Å²) >= 11 is 0. The number of aryl methyl sites for hydroxylation is 1. The highest BCUT2D eigenvalue weighted by Gasteiger charge is 2.09. The molecule has 2 atom stereocenters. The second kappa shape index (κ2) is 7.27. The Hall–Kier alpha value is -1.81. The predicted molar refractivity (Wildman–Crippen MR) is 85.1 cm³/mol. The van der Waals surface area contributed by atoms with E-state index in [0.29, 0.717) is 25.3 Å². The maximum Gasteiger partial charge on any atom is 0.220 e. The molecule has 3 N–H and O–H groups in total. The molecular formula is C17H24N2O2. The van der Waals surface area contributed by atoms with Gasteiger partial charge < -0.3 is 15.4 Å². The van der Waals surface area contributed by atoms with Crippen molar-refractivity contribution in [3.8, 4) is 0 Å². The Balaban J connectivity index is 1.79. The summed E-state index contributed by atoms with van der Waals surface area (Å²) in [5.74, 6) is 0.361. The number of carbonyl (C=O) groups is 1. The van der Waals surface area contributed by atoms with Crippen LogP contribution in [-0.2, 0) is 11.2 Å². The fraction of sp³-hybridized carbons (Fsp3) is 0.471. The largest absolute Gasteiger partial charge is 0.393 e. The first kappa shape index (κ1) is 15.6. The molecule has 2 aromatic rings. The molecule has 0 bridgehead atoms. The maximum atomic E-state index is 11.9. The van der Waals surface area contributed by atoms with Crippen molar-refractivity contribution < 1.29 is 9.90 Å². The number of aliphatic hydroxyl groups is 1. The Bertz CT molecular complexity index is 589. The summed E-state index contributed by atoms with van der Waals surface area (Å²) in [5, 5.41) is 13.4. The van der Waals surface area contributed by atoms with E-state index in [1.807, 2.05) is 31.3 Å². The summed E-state index contributed by atoms with van der Waals surface area (Å²) in [5.41, 5.74) is 2.29. The van der Waals surface area contributed by atoms with E-state index in [1.54, 1.807) is 6.92 Å². The minimum atomic E-state index is -0.317.